The molecule has 28 heavy (non-hydrogen) atoms. The van der Waals surface area contributed by atoms with Gasteiger partial charge < -0.3 is 4.74 Å². The number of anilines is 1. The van der Waals surface area contributed by atoms with Gasteiger partial charge in [-0.1, -0.05) is 46.4 Å². The predicted octanol–water partition coefficient (Wildman–Crippen LogP) is 7.12. The van der Waals surface area contributed by atoms with Crippen molar-refractivity contribution < 1.29 is 4.74 Å². The first-order valence-corrected chi connectivity index (χ1v) is 10.6. The lowest BCUT2D eigenvalue weighted by atomic mass is 10.0. The van der Waals surface area contributed by atoms with E-state index in [1.165, 1.54) is 11.3 Å². The minimum atomic E-state index is -0.163. The lowest BCUT2D eigenvalue weighted by molar-refractivity contribution is 0.415. The summed E-state index contributed by atoms with van der Waals surface area (Å²) in [6, 6.07) is 12.9. The van der Waals surface area contributed by atoms with Gasteiger partial charge in [-0.15, -0.1) is 11.3 Å². The van der Waals surface area contributed by atoms with Crippen LogP contribution in [0.5, 0.6) is 5.75 Å². The third-order valence-corrected chi connectivity index (χ3v) is 6.43. The zero-order valence-corrected chi connectivity index (χ0v) is 18.3. The number of thiazole rings is 1. The zero-order valence-electron chi connectivity index (χ0n) is 14.5. The van der Waals surface area contributed by atoms with E-state index >= 15 is 0 Å². The van der Waals surface area contributed by atoms with E-state index in [9.17, 15) is 0 Å². The van der Waals surface area contributed by atoms with Gasteiger partial charge in [-0.05, 0) is 48.0 Å². The van der Waals surface area contributed by atoms with Crippen LogP contribution in [0.2, 0.25) is 19.7 Å². The second-order valence-electron chi connectivity index (χ2n) is 6.09. The lowest BCUT2D eigenvalue weighted by Crippen LogP contribution is -2.18. The van der Waals surface area contributed by atoms with Crippen LogP contribution < -0.4 is 9.75 Å². The number of hydrogen-bond acceptors (Lipinski definition) is 5. The van der Waals surface area contributed by atoms with Gasteiger partial charge in [0.25, 0.3) is 0 Å². The number of hydrazone groups is 1. The van der Waals surface area contributed by atoms with Gasteiger partial charge in [0.15, 0.2) is 4.47 Å². The van der Waals surface area contributed by atoms with Gasteiger partial charge in [-0.3, -0.25) is 5.01 Å². The molecule has 0 saturated carbocycles. The largest absolute Gasteiger partial charge is 0.497 e. The van der Waals surface area contributed by atoms with E-state index in [0.29, 0.717) is 26.1 Å². The van der Waals surface area contributed by atoms with E-state index < -0.39 is 0 Å². The van der Waals surface area contributed by atoms with E-state index in [0.717, 1.165) is 27.6 Å². The molecule has 9 heteroatoms. The number of ether oxygens (including phenoxy) is 1. The van der Waals surface area contributed by atoms with E-state index in [-0.39, 0.29) is 6.04 Å². The molecule has 0 aliphatic carbocycles. The van der Waals surface area contributed by atoms with E-state index in [1.807, 2.05) is 41.4 Å². The molecule has 0 fully saturated rings. The summed E-state index contributed by atoms with van der Waals surface area (Å²) >= 11 is 26.2. The fraction of sp³-hybridized carbons (Fsp3) is 0.158. The van der Waals surface area contributed by atoms with Crippen molar-refractivity contribution in [3.63, 3.8) is 0 Å². The van der Waals surface area contributed by atoms with Crippen molar-refractivity contribution in [1.29, 1.82) is 0 Å². The molecule has 3 aromatic rings. The Morgan fingerprint density at radius 2 is 1.71 bits per heavy atom. The third kappa shape index (κ3) is 3.95. The lowest BCUT2D eigenvalue weighted by Gasteiger charge is -2.23. The second kappa shape index (κ2) is 8.09. The molecule has 4 nitrogen and oxygen atoms in total. The Kier molecular flexibility index (Phi) is 5.72. The van der Waals surface area contributed by atoms with Gasteiger partial charge in [0, 0.05) is 16.5 Å². The van der Waals surface area contributed by atoms with E-state index in [1.54, 1.807) is 13.2 Å². The Balaban J connectivity index is 1.78. The number of nitrogens with zero attached hydrogens (tertiary/aromatic N) is 3. The minimum Gasteiger partial charge on any atom is -0.497 e. The van der Waals surface area contributed by atoms with Crippen LogP contribution >= 0.6 is 57.7 Å². The van der Waals surface area contributed by atoms with Crippen LogP contribution in [-0.2, 0) is 0 Å². The van der Waals surface area contributed by atoms with Gasteiger partial charge in [0.05, 0.1) is 29.4 Å². The van der Waals surface area contributed by atoms with Crippen molar-refractivity contribution in [1.82, 2.24) is 4.98 Å². The normalized spacial score (nSPS) is 16.4. The molecule has 1 aliphatic heterocycles. The maximum atomic E-state index is 6.34. The predicted molar refractivity (Wildman–Crippen MR) is 118 cm³/mol. The summed E-state index contributed by atoms with van der Waals surface area (Å²) in [5.74, 6) is 0.787. The van der Waals surface area contributed by atoms with Crippen LogP contribution in [0.3, 0.4) is 0 Å². The zero-order chi connectivity index (χ0) is 19.8. The van der Waals surface area contributed by atoms with Gasteiger partial charge in [-0.25, -0.2) is 4.98 Å². The average Bonchev–Trinajstić information content (AvgIpc) is 3.24. The van der Waals surface area contributed by atoms with Crippen molar-refractivity contribution in [3.8, 4) is 5.75 Å². The Morgan fingerprint density at radius 3 is 2.29 bits per heavy atom. The number of halogens is 4. The quantitative estimate of drug-likeness (QED) is 0.405. The van der Waals surface area contributed by atoms with Crippen molar-refractivity contribution in [2.75, 3.05) is 12.1 Å². The molecule has 2 heterocycles. The summed E-state index contributed by atoms with van der Waals surface area (Å²) in [6.07, 6.45) is 0.634. The fourth-order valence-corrected chi connectivity index (χ4v) is 5.11. The molecule has 144 valence electrons. The minimum absolute atomic E-state index is 0.163. The molecule has 1 unspecified atom stereocenters. The number of rotatable bonds is 4. The molecule has 2 aromatic carbocycles. The summed E-state index contributed by atoms with van der Waals surface area (Å²) < 4.78 is 5.63. The van der Waals surface area contributed by atoms with Crippen LogP contribution in [0.15, 0.2) is 47.6 Å². The molecule has 0 saturated heterocycles. The topological polar surface area (TPSA) is 37.7 Å². The first-order chi connectivity index (χ1) is 13.4. The Bertz CT molecular complexity index is 1030. The number of aromatic nitrogens is 1. The highest BCUT2D eigenvalue weighted by Crippen LogP contribution is 2.43. The fourth-order valence-electron chi connectivity index (χ4n) is 3.08. The highest BCUT2D eigenvalue weighted by molar-refractivity contribution is 7.16. The maximum absolute atomic E-state index is 6.34. The first-order valence-electron chi connectivity index (χ1n) is 8.23. The molecule has 1 aliphatic rings. The molecule has 1 atom stereocenters. The van der Waals surface area contributed by atoms with Crippen LogP contribution in [0.25, 0.3) is 0 Å². The molecule has 0 N–H and O–H groups in total. The van der Waals surface area contributed by atoms with Crippen LogP contribution in [-0.4, -0.2) is 17.8 Å². The summed E-state index contributed by atoms with van der Waals surface area (Å²) in [5, 5.41) is 8.15. The van der Waals surface area contributed by atoms with Gasteiger partial charge in [-0.2, -0.15) is 5.10 Å². The summed E-state index contributed by atoms with van der Waals surface area (Å²) in [4.78, 5) is 4.99. The van der Waals surface area contributed by atoms with Crippen molar-refractivity contribution in [2.24, 2.45) is 5.10 Å². The van der Waals surface area contributed by atoms with E-state index in [4.69, 9.17) is 56.2 Å². The Labute approximate surface area is 186 Å². The Morgan fingerprint density at radius 1 is 1.04 bits per heavy atom. The number of methoxy groups -OCH3 is 1. The standard InChI is InChI=1S/C19H13Cl4N3OS/c1-27-14-4-2-10(3-5-14)15-9-16(17-18(22)24-19(23)28-17)26(25-15)13-7-11(20)6-12(21)8-13/h2-8,16H,9H2,1H3. The molecular formula is C19H13Cl4N3OS. The monoisotopic (exact) mass is 471 g/mol. The highest BCUT2D eigenvalue weighted by atomic mass is 35.5. The van der Waals surface area contributed by atoms with E-state index in [2.05, 4.69) is 4.98 Å². The smallest absolute Gasteiger partial charge is 0.185 e. The van der Waals surface area contributed by atoms with Gasteiger partial charge in [0.1, 0.15) is 10.9 Å². The first kappa shape index (κ1) is 19.8. The van der Waals surface area contributed by atoms with Crippen molar-refractivity contribution in [2.45, 2.75) is 12.5 Å². The molecule has 0 radical (unpaired) electrons. The maximum Gasteiger partial charge on any atom is 0.185 e. The molecule has 0 bridgehead atoms. The summed E-state index contributed by atoms with van der Waals surface area (Å²) in [5.41, 5.74) is 2.67. The Hall–Kier alpha value is -1.50. The van der Waals surface area contributed by atoms with Crippen LogP contribution in [0.4, 0.5) is 5.69 Å². The van der Waals surface area contributed by atoms with Gasteiger partial charge >= 0.3 is 0 Å². The SMILES string of the molecule is COc1ccc(C2=NN(c3cc(Cl)cc(Cl)c3)C(c3sc(Cl)nc3Cl)C2)cc1. The average molecular weight is 473 g/mol. The molecule has 1 aromatic heterocycles. The second-order valence-corrected chi connectivity index (χ2v) is 8.93. The molecule has 4 rings (SSSR count). The summed E-state index contributed by atoms with van der Waals surface area (Å²) in [6.45, 7) is 0. The van der Waals surface area contributed by atoms with Gasteiger partial charge in [0.2, 0.25) is 0 Å². The van der Waals surface area contributed by atoms with Crippen molar-refractivity contribution >= 4 is 69.1 Å². The number of hydrogen-bond donors (Lipinski definition) is 0. The summed E-state index contributed by atoms with van der Waals surface area (Å²) in [7, 11) is 1.64. The number of benzene rings is 2. The molecule has 0 spiro atoms. The highest BCUT2D eigenvalue weighted by Gasteiger charge is 2.33. The molecule has 0 amide bonds. The van der Waals surface area contributed by atoms with Crippen molar-refractivity contribution in [3.05, 3.63) is 72.6 Å². The molecular weight excluding hydrogens is 460 g/mol. The van der Waals surface area contributed by atoms with Crippen LogP contribution in [0.1, 0.15) is 22.9 Å². The van der Waals surface area contributed by atoms with Crippen LogP contribution in [0, 0.1) is 0 Å². The third-order valence-electron chi connectivity index (χ3n) is 4.33.